The van der Waals surface area contributed by atoms with Gasteiger partial charge in [0.2, 0.25) is 0 Å². The second-order valence-corrected chi connectivity index (χ2v) is 6.45. The number of rotatable bonds is 8. The third-order valence-electron chi connectivity index (χ3n) is 4.07. The Kier molecular flexibility index (Phi) is 6.98. The molecule has 0 aliphatic carbocycles. The largest absolute Gasteiger partial charge is 0.490 e. The van der Waals surface area contributed by atoms with E-state index in [9.17, 15) is 9.59 Å². The minimum atomic E-state index is -0.337. The van der Waals surface area contributed by atoms with Gasteiger partial charge < -0.3 is 14.8 Å². The number of carbonyl (C=O) groups excluding carboxylic acids is 1. The van der Waals surface area contributed by atoms with Gasteiger partial charge in [-0.15, -0.1) is 0 Å². The minimum Gasteiger partial charge on any atom is -0.490 e. The first-order valence-corrected chi connectivity index (χ1v) is 9.12. The SMILES string of the molecule is CCOc1ccc(C(NC(=O)c2ccc(=O)n(C)n2)C(C)C)cc1OCC. The number of benzene rings is 1. The number of hydrogen-bond acceptors (Lipinski definition) is 5. The first kappa shape index (κ1) is 20.5. The molecule has 0 saturated carbocycles. The molecule has 0 aliphatic rings. The number of amides is 1. The second-order valence-electron chi connectivity index (χ2n) is 6.45. The van der Waals surface area contributed by atoms with Crippen molar-refractivity contribution < 1.29 is 14.3 Å². The fraction of sp³-hybridized carbons (Fsp3) is 0.450. The Balaban J connectivity index is 2.31. The molecule has 0 aliphatic heterocycles. The Hall–Kier alpha value is -2.83. The predicted molar refractivity (Wildman–Crippen MR) is 103 cm³/mol. The summed E-state index contributed by atoms with van der Waals surface area (Å²) in [6, 6.07) is 8.19. The van der Waals surface area contributed by atoms with Crippen molar-refractivity contribution in [3.05, 3.63) is 51.9 Å². The van der Waals surface area contributed by atoms with Crippen molar-refractivity contribution in [3.8, 4) is 11.5 Å². The lowest BCUT2D eigenvalue weighted by Gasteiger charge is -2.24. The molecule has 0 saturated heterocycles. The smallest absolute Gasteiger partial charge is 0.272 e. The Labute approximate surface area is 159 Å². The normalized spacial score (nSPS) is 11.9. The molecule has 1 atom stereocenters. The van der Waals surface area contributed by atoms with Gasteiger partial charge >= 0.3 is 0 Å². The quantitative estimate of drug-likeness (QED) is 0.769. The molecule has 1 heterocycles. The summed E-state index contributed by atoms with van der Waals surface area (Å²) in [7, 11) is 1.51. The van der Waals surface area contributed by atoms with Gasteiger partial charge in [0.15, 0.2) is 11.5 Å². The average molecular weight is 373 g/mol. The summed E-state index contributed by atoms with van der Waals surface area (Å²) >= 11 is 0. The number of nitrogens with one attached hydrogen (secondary N) is 1. The van der Waals surface area contributed by atoms with Gasteiger partial charge in [0, 0.05) is 13.1 Å². The fourth-order valence-corrected chi connectivity index (χ4v) is 2.73. The van der Waals surface area contributed by atoms with Crippen LogP contribution in [0.5, 0.6) is 11.5 Å². The average Bonchev–Trinajstić information content (AvgIpc) is 2.63. The van der Waals surface area contributed by atoms with Crippen LogP contribution in [-0.4, -0.2) is 28.9 Å². The molecule has 0 fully saturated rings. The van der Waals surface area contributed by atoms with Crippen LogP contribution >= 0.6 is 0 Å². The van der Waals surface area contributed by atoms with E-state index < -0.39 is 0 Å². The highest BCUT2D eigenvalue weighted by atomic mass is 16.5. The summed E-state index contributed by atoms with van der Waals surface area (Å²) in [6.07, 6.45) is 0. The highest BCUT2D eigenvalue weighted by molar-refractivity contribution is 5.92. The van der Waals surface area contributed by atoms with Crippen LogP contribution in [0.2, 0.25) is 0 Å². The van der Waals surface area contributed by atoms with Crippen LogP contribution in [0.3, 0.4) is 0 Å². The van der Waals surface area contributed by atoms with Crippen LogP contribution in [0, 0.1) is 5.92 Å². The molecule has 7 heteroatoms. The van der Waals surface area contributed by atoms with Crippen molar-refractivity contribution in [1.29, 1.82) is 0 Å². The summed E-state index contributed by atoms with van der Waals surface area (Å²) in [5, 5.41) is 7.01. The molecule has 27 heavy (non-hydrogen) atoms. The van der Waals surface area contributed by atoms with Gasteiger partial charge in [-0.2, -0.15) is 5.10 Å². The first-order chi connectivity index (χ1) is 12.9. The summed E-state index contributed by atoms with van der Waals surface area (Å²) in [4.78, 5) is 24.1. The summed E-state index contributed by atoms with van der Waals surface area (Å²) < 4.78 is 12.4. The van der Waals surface area contributed by atoms with E-state index in [2.05, 4.69) is 10.4 Å². The van der Waals surface area contributed by atoms with Gasteiger partial charge in [-0.3, -0.25) is 9.59 Å². The monoisotopic (exact) mass is 373 g/mol. The Bertz CT molecular complexity index is 845. The number of hydrogen-bond donors (Lipinski definition) is 1. The standard InChI is InChI=1S/C20H27N3O4/c1-6-26-16-10-8-14(12-17(16)27-7-2)19(13(3)4)21-20(25)15-9-11-18(24)23(5)22-15/h8-13,19H,6-7H2,1-5H3,(H,21,25). The lowest BCUT2D eigenvalue weighted by molar-refractivity contribution is 0.0918. The van der Waals surface area contributed by atoms with Crippen molar-refractivity contribution in [3.63, 3.8) is 0 Å². The molecule has 0 spiro atoms. The van der Waals surface area contributed by atoms with Crippen LogP contribution < -0.4 is 20.3 Å². The third kappa shape index (κ3) is 5.09. The van der Waals surface area contributed by atoms with Crippen LogP contribution in [0.25, 0.3) is 0 Å². The molecule has 7 nitrogen and oxygen atoms in total. The second kappa shape index (κ2) is 9.21. The molecule has 1 amide bonds. The van der Waals surface area contributed by atoms with Crippen LogP contribution in [0.15, 0.2) is 35.1 Å². The zero-order valence-corrected chi connectivity index (χ0v) is 16.5. The molecule has 1 aromatic carbocycles. The molecule has 1 aromatic heterocycles. The zero-order chi connectivity index (χ0) is 20.0. The molecule has 0 bridgehead atoms. The molecular weight excluding hydrogens is 346 g/mol. The van der Waals surface area contributed by atoms with Crippen molar-refractivity contribution >= 4 is 5.91 Å². The Morgan fingerprint density at radius 1 is 1.11 bits per heavy atom. The van der Waals surface area contributed by atoms with E-state index in [1.165, 1.54) is 19.2 Å². The van der Waals surface area contributed by atoms with Crippen molar-refractivity contribution in [2.45, 2.75) is 33.7 Å². The van der Waals surface area contributed by atoms with E-state index >= 15 is 0 Å². The predicted octanol–water partition coefficient (Wildman–Crippen LogP) is 2.70. The van der Waals surface area contributed by atoms with Crippen molar-refractivity contribution in [2.24, 2.45) is 13.0 Å². The van der Waals surface area contributed by atoms with Gasteiger partial charge in [-0.25, -0.2) is 4.68 Å². The number of aromatic nitrogens is 2. The highest BCUT2D eigenvalue weighted by Gasteiger charge is 2.22. The van der Waals surface area contributed by atoms with E-state index in [1.807, 2.05) is 45.9 Å². The van der Waals surface area contributed by atoms with E-state index in [1.54, 1.807) is 0 Å². The topological polar surface area (TPSA) is 82.5 Å². The summed E-state index contributed by atoms with van der Waals surface area (Å²) in [6.45, 7) is 8.94. The molecular formula is C20H27N3O4. The molecule has 2 rings (SSSR count). The number of ether oxygens (including phenoxy) is 2. The van der Waals surface area contributed by atoms with Gasteiger partial charge in [-0.05, 0) is 43.5 Å². The molecule has 1 N–H and O–H groups in total. The van der Waals surface area contributed by atoms with Crippen LogP contribution in [-0.2, 0) is 7.05 Å². The molecule has 0 radical (unpaired) electrons. The molecule has 2 aromatic rings. The number of aryl methyl sites for hydroxylation is 1. The van der Waals surface area contributed by atoms with Crippen molar-refractivity contribution in [2.75, 3.05) is 13.2 Å². The lowest BCUT2D eigenvalue weighted by Crippen LogP contribution is -2.33. The van der Waals surface area contributed by atoms with E-state index in [4.69, 9.17) is 9.47 Å². The summed E-state index contributed by atoms with van der Waals surface area (Å²) in [5.74, 6) is 1.12. The fourth-order valence-electron chi connectivity index (χ4n) is 2.73. The van der Waals surface area contributed by atoms with E-state index in [0.29, 0.717) is 24.7 Å². The number of carbonyl (C=O) groups is 1. The molecule has 146 valence electrons. The maximum atomic E-state index is 12.6. The maximum Gasteiger partial charge on any atom is 0.272 e. The van der Waals surface area contributed by atoms with Gasteiger partial charge in [0.1, 0.15) is 5.69 Å². The first-order valence-electron chi connectivity index (χ1n) is 9.12. The van der Waals surface area contributed by atoms with Crippen LogP contribution in [0.1, 0.15) is 49.8 Å². The third-order valence-corrected chi connectivity index (χ3v) is 4.07. The van der Waals surface area contributed by atoms with Gasteiger partial charge in [0.25, 0.3) is 11.5 Å². The lowest BCUT2D eigenvalue weighted by atomic mass is 9.95. The van der Waals surface area contributed by atoms with Crippen molar-refractivity contribution in [1.82, 2.24) is 15.1 Å². The van der Waals surface area contributed by atoms with E-state index in [0.717, 1.165) is 10.2 Å². The summed E-state index contributed by atoms with van der Waals surface area (Å²) in [5.41, 5.74) is 0.841. The van der Waals surface area contributed by atoms with Gasteiger partial charge in [-0.1, -0.05) is 19.9 Å². The minimum absolute atomic E-state index is 0.133. The number of nitrogens with zero attached hydrogens (tertiary/aromatic N) is 2. The Morgan fingerprint density at radius 3 is 2.37 bits per heavy atom. The Morgan fingerprint density at radius 2 is 1.78 bits per heavy atom. The van der Waals surface area contributed by atoms with Gasteiger partial charge in [0.05, 0.1) is 19.3 Å². The molecule has 1 unspecified atom stereocenters. The van der Waals surface area contributed by atoms with E-state index in [-0.39, 0.29) is 29.1 Å². The van der Waals surface area contributed by atoms with Crippen LogP contribution in [0.4, 0.5) is 0 Å². The maximum absolute atomic E-state index is 12.6. The zero-order valence-electron chi connectivity index (χ0n) is 16.5. The highest BCUT2D eigenvalue weighted by Crippen LogP contribution is 2.33.